The minimum atomic E-state index is -0.126. The first-order chi connectivity index (χ1) is 10.6. The Hall–Kier alpha value is -2.08. The topological polar surface area (TPSA) is 77.1 Å². The van der Waals surface area contributed by atoms with E-state index in [1.807, 2.05) is 18.2 Å². The summed E-state index contributed by atoms with van der Waals surface area (Å²) in [5.74, 6) is -0.0995. The second kappa shape index (κ2) is 6.36. The highest BCUT2D eigenvalue weighted by molar-refractivity contribution is 7.07. The normalized spacial score (nSPS) is 15.1. The number of nitrogens with one attached hydrogen (secondary N) is 1. The van der Waals surface area contributed by atoms with Crippen LogP contribution in [0.1, 0.15) is 25.7 Å². The average Bonchev–Trinajstić information content (AvgIpc) is 3.10. The Kier molecular flexibility index (Phi) is 4.29. The van der Waals surface area contributed by atoms with Crippen molar-refractivity contribution in [2.75, 3.05) is 5.73 Å². The molecule has 0 spiro atoms. The van der Waals surface area contributed by atoms with Gasteiger partial charge in [-0.05, 0) is 25.0 Å². The number of thiazole rings is 1. The molecule has 2 aromatic rings. The number of anilines is 1. The van der Waals surface area contributed by atoms with E-state index < -0.39 is 0 Å². The Labute approximate surface area is 132 Å². The summed E-state index contributed by atoms with van der Waals surface area (Å²) in [6.45, 7) is 0.0585. The van der Waals surface area contributed by atoms with Gasteiger partial charge in [-0.2, -0.15) is 0 Å². The molecule has 116 valence electrons. The van der Waals surface area contributed by atoms with Gasteiger partial charge in [-0.15, -0.1) is 0 Å². The van der Waals surface area contributed by atoms with Crippen LogP contribution < -0.4 is 15.9 Å². The lowest BCUT2D eigenvalue weighted by molar-refractivity contribution is -0.122. The lowest BCUT2D eigenvalue weighted by atomic mass is 10.1. The molecule has 1 saturated carbocycles. The van der Waals surface area contributed by atoms with E-state index in [0.717, 1.165) is 48.3 Å². The van der Waals surface area contributed by atoms with Gasteiger partial charge < -0.3 is 11.1 Å². The smallest absolute Gasteiger partial charge is 0.308 e. The Balaban J connectivity index is 1.80. The van der Waals surface area contributed by atoms with Gasteiger partial charge >= 0.3 is 4.87 Å². The summed E-state index contributed by atoms with van der Waals surface area (Å²) in [6.07, 6.45) is 4.40. The molecular weight excluding hydrogens is 298 g/mol. The van der Waals surface area contributed by atoms with E-state index in [9.17, 15) is 9.59 Å². The predicted octanol–water partition coefficient (Wildman–Crippen LogP) is 2.22. The average molecular weight is 317 g/mol. The third-order valence-corrected chi connectivity index (χ3v) is 4.75. The number of amides is 1. The first-order valence-corrected chi connectivity index (χ1v) is 8.35. The number of carbonyl (C=O) groups is 1. The van der Waals surface area contributed by atoms with Gasteiger partial charge in [0.2, 0.25) is 5.91 Å². The highest BCUT2D eigenvalue weighted by Crippen LogP contribution is 2.22. The molecule has 1 aliphatic rings. The van der Waals surface area contributed by atoms with Crippen LogP contribution in [0.15, 0.2) is 34.4 Å². The summed E-state index contributed by atoms with van der Waals surface area (Å²) in [5, 5.41) is 4.79. The standard InChI is InChI=1S/C16H19N3O2S/c17-12-5-3-4-11(8-12)14-10-22-16(21)19(14)9-15(20)18-13-6-1-2-7-13/h3-5,8,10,13H,1-2,6-7,9,17H2,(H,18,20). The van der Waals surface area contributed by atoms with E-state index in [-0.39, 0.29) is 23.4 Å². The highest BCUT2D eigenvalue weighted by atomic mass is 32.1. The van der Waals surface area contributed by atoms with Crippen molar-refractivity contribution in [2.45, 2.75) is 38.3 Å². The summed E-state index contributed by atoms with van der Waals surface area (Å²) < 4.78 is 1.52. The minimum Gasteiger partial charge on any atom is -0.399 e. The van der Waals surface area contributed by atoms with Crippen molar-refractivity contribution in [1.29, 1.82) is 0 Å². The zero-order valence-electron chi connectivity index (χ0n) is 12.2. The first-order valence-electron chi connectivity index (χ1n) is 7.47. The number of rotatable bonds is 4. The molecule has 0 saturated heterocycles. The molecule has 22 heavy (non-hydrogen) atoms. The molecule has 1 aliphatic carbocycles. The molecule has 1 heterocycles. The van der Waals surface area contributed by atoms with E-state index in [1.54, 1.807) is 11.4 Å². The fraction of sp³-hybridized carbons (Fsp3) is 0.375. The van der Waals surface area contributed by atoms with E-state index in [4.69, 9.17) is 5.73 Å². The summed E-state index contributed by atoms with van der Waals surface area (Å²) in [6, 6.07) is 7.61. The predicted molar refractivity (Wildman–Crippen MR) is 88.8 cm³/mol. The molecule has 1 aromatic heterocycles. The van der Waals surface area contributed by atoms with Gasteiger partial charge in [-0.25, -0.2) is 0 Å². The van der Waals surface area contributed by atoms with Crippen LogP contribution in [0.5, 0.6) is 0 Å². The number of hydrogen-bond donors (Lipinski definition) is 2. The van der Waals surface area contributed by atoms with Crippen molar-refractivity contribution in [2.24, 2.45) is 0 Å². The van der Waals surface area contributed by atoms with Crippen LogP contribution in [0.3, 0.4) is 0 Å². The zero-order chi connectivity index (χ0) is 15.5. The maximum atomic E-state index is 12.2. The van der Waals surface area contributed by atoms with E-state index in [1.165, 1.54) is 4.57 Å². The van der Waals surface area contributed by atoms with Gasteiger partial charge in [-0.1, -0.05) is 36.3 Å². The third-order valence-electron chi connectivity index (χ3n) is 3.99. The Bertz CT molecular complexity index is 729. The minimum absolute atomic E-state index is 0.0585. The second-order valence-corrected chi connectivity index (χ2v) is 6.47. The maximum absolute atomic E-state index is 12.2. The Morgan fingerprint density at radius 2 is 2.14 bits per heavy atom. The van der Waals surface area contributed by atoms with Gasteiger partial charge in [0.15, 0.2) is 0 Å². The van der Waals surface area contributed by atoms with Gasteiger partial charge in [0.25, 0.3) is 0 Å². The number of benzene rings is 1. The zero-order valence-corrected chi connectivity index (χ0v) is 13.1. The molecule has 3 N–H and O–H groups in total. The lowest BCUT2D eigenvalue weighted by Crippen LogP contribution is -2.36. The third kappa shape index (κ3) is 3.22. The molecule has 3 rings (SSSR count). The van der Waals surface area contributed by atoms with Crippen LogP contribution in [0.25, 0.3) is 11.3 Å². The second-order valence-electron chi connectivity index (χ2n) is 5.65. The summed E-state index contributed by atoms with van der Waals surface area (Å²) in [5.41, 5.74) is 8.03. The van der Waals surface area contributed by atoms with Crippen molar-refractivity contribution >= 4 is 22.9 Å². The van der Waals surface area contributed by atoms with Crippen LogP contribution in [0, 0.1) is 0 Å². The number of hydrogen-bond acceptors (Lipinski definition) is 4. The number of aromatic nitrogens is 1. The summed E-state index contributed by atoms with van der Waals surface area (Å²) in [4.78, 5) is 24.1. The molecule has 0 atom stereocenters. The van der Waals surface area contributed by atoms with Gasteiger partial charge in [0, 0.05) is 22.7 Å². The van der Waals surface area contributed by atoms with Gasteiger partial charge in [0.05, 0.1) is 5.69 Å². The highest BCUT2D eigenvalue weighted by Gasteiger charge is 2.19. The first kappa shape index (κ1) is 14.8. The molecule has 0 radical (unpaired) electrons. The van der Waals surface area contributed by atoms with Crippen molar-refractivity contribution in [3.05, 3.63) is 39.3 Å². The van der Waals surface area contributed by atoms with Crippen LogP contribution in [0.2, 0.25) is 0 Å². The van der Waals surface area contributed by atoms with E-state index in [2.05, 4.69) is 5.32 Å². The monoisotopic (exact) mass is 317 g/mol. The fourth-order valence-electron chi connectivity index (χ4n) is 2.89. The largest absolute Gasteiger partial charge is 0.399 e. The molecule has 1 aromatic carbocycles. The number of carbonyl (C=O) groups excluding carboxylic acids is 1. The summed E-state index contributed by atoms with van der Waals surface area (Å²) in [7, 11) is 0. The molecule has 5 nitrogen and oxygen atoms in total. The van der Waals surface area contributed by atoms with Gasteiger partial charge in [0.1, 0.15) is 6.54 Å². The number of nitrogens with zero attached hydrogens (tertiary/aromatic N) is 1. The molecule has 0 unspecified atom stereocenters. The van der Waals surface area contributed by atoms with Crippen LogP contribution in [-0.4, -0.2) is 16.5 Å². The number of nitrogens with two attached hydrogens (primary N) is 1. The van der Waals surface area contributed by atoms with E-state index in [0.29, 0.717) is 5.69 Å². The van der Waals surface area contributed by atoms with Crippen LogP contribution in [-0.2, 0) is 11.3 Å². The molecule has 0 bridgehead atoms. The molecule has 1 amide bonds. The van der Waals surface area contributed by atoms with Crippen molar-refractivity contribution in [3.8, 4) is 11.3 Å². The van der Waals surface area contributed by atoms with Gasteiger partial charge in [-0.3, -0.25) is 14.2 Å². The van der Waals surface area contributed by atoms with Crippen LogP contribution >= 0.6 is 11.3 Å². The molecule has 6 heteroatoms. The fourth-order valence-corrected chi connectivity index (χ4v) is 3.66. The molecule has 0 aliphatic heterocycles. The Morgan fingerprint density at radius 3 is 2.86 bits per heavy atom. The maximum Gasteiger partial charge on any atom is 0.308 e. The Morgan fingerprint density at radius 1 is 1.36 bits per heavy atom. The molecular formula is C16H19N3O2S. The summed E-state index contributed by atoms with van der Waals surface area (Å²) >= 11 is 1.10. The number of nitrogen functional groups attached to an aromatic ring is 1. The van der Waals surface area contributed by atoms with Crippen molar-refractivity contribution in [3.63, 3.8) is 0 Å². The van der Waals surface area contributed by atoms with Crippen molar-refractivity contribution < 1.29 is 4.79 Å². The molecule has 1 fully saturated rings. The van der Waals surface area contributed by atoms with E-state index >= 15 is 0 Å². The SMILES string of the molecule is Nc1cccc(-c2csc(=O)n2CC(=O)NC2CCCC2)c1. The lowest BCUT2D eigenvalue weighted by Gasteiger charge is -2.13. The van der Waals surface area contributed by atoms with Crippen LogP contribution in [0.4, 0.5) is 5.69 Å². The quantitative estimate of drug-likeness (QED) is 0.849. The van der Waals surface area contributed by atoms with Crippen molar-refractivity contribution in [1.82, 2.24) is 9.88 Å².